The van der Waals surface area contributed by atoms with Gasteiger partial charge in [-0.3, -0.25) is 4.90 Å². The molecule has 0 fully saturated rings. The zero-order valence-corrected chi connectivity index (χ0v) is 16.7. The number of rotatable bonds is 7. The summed E-state index contributed by atoms with van der Waals surface area (Å²) in [7, 11) is 4.21. The van der Waals surface area contributed by atoms with E-state index in [2.05, 4.69) is 66.4 Å². The maximum absolute atomic E-state index is 10.2. The molecule has 0 unspecified atom stereocenters. The second kappa shape index (κ2) is 9.87. The van der Waals surface area contributed by atoms with Gasteiger partial charge in [0.1, 0.15) is 5.75 Å². The molecule has 1 aromatic carbocycles. The van der Waals surface area contributed by atoms with Crippen LogP contribution in [0.4, 0.5) is 0 Å². The molecule has 1 rings (SSSR count). The SMILES string of the molecule is Cc1cc(I)cc(CN(CCCN(C)C)C(C)C)c1O.Cl. The summed E-state index contributed by atoms with van der Waals surface area (Å²) < 4.78 is 1.19. The number of aryl methyl sites for hydroxylation is 1. The summed E-state index contributed by atoms with van der Waals surface area (Å²) in [5.41, 5.74) is 2.00. The van der Waals surface area contributed by atoms with Gasteiger partial charge in [-0.05, 0) is 94.7 Å². The monoisotopic (exact) mass is 426 g/mol. The van der Waals surface area contributed by atoms with Crippen molar-refractivity contribution in [3.05, 3.63) is 26.8 Å². The third-order valence-electron chi connectivity index (χ3n) is 3.50. The summed E-state index contributed by atoms with van der Waals surface area (Å²) in [6.45, 7) is 9.36. The number of phenols is 1. The highest BCUT2D eigenvalue weighted by atomic mass is 127. The lowest BCUT2D eigenvalue weighted by atomic mass is 10.1. The van der Waals surface area contributed by atoms with E-state index in [9.17, 15) is 5.11 Å². The Bertz CT molecular complexity index is 439. The molecule has 0 bridgehead atoms. The van der Waals surface area contributed by atoms with E-state index in [4.69, 9.17) is 0 Å². The summed E-state index contributed by atoms with van der Waals surface area (Å²) in [5.74, 6) is 0.448. The van der Waals surface area contributed by atoms with Crippen LogP contribution in [0.1, 0.15) is 31.4 Å². The molecule has 0 aromatic heterocycles. The summed E-state index contributed by atoms with van der Waals surface area (Å²) in [6, 6.07) is 4.59. The van der Waals surface area contributed by atoms with Crippen molar-refractivity contribution in [2.24, 2.45) is 0 Å². The second-order valence-corrected chi connectivity index (χ2v) is 7.20. The third-order valence-corrected chi connectivity index (χ3v) is 4.12. The standard InChI is InChI=1S/C16H27IN2O.ClH/c1-12(2)19(8-6-7-18(4)5)11-14-10-15(17)9-13(3)16(14)20;/h9-10,12,20H,6-8,11H2,1-5H3;1H. The molecule has 0 heterocycles. The molecule has 1 aromatic rings. The highest BCUT2D eigenvalue weighted by Crippen LogP contribution is 2.26. The number of aromatic hydroxyl groups is 1. The fourth-order valence-electron chi connectivity index (χ4n) is 2.25. The van der Waals surface area contributed by atoms with E-state index < -0.39 is 0 Å². The van der Waals surface area contributed by atoms with Crippen LogP contribution in [0.5, 0.6) is 5.75 Å². The molecule has 0 aliphatic heterocycles. The molecule has 0 amide bonds. The van der Waals surface area contributed by atoms with Crippen LogP contribution in [0.3, 0.4) is 0 Å². The molecule has 0 aliphatic carbocycles. The van der Waals surface area contributed by atoms with Crippen molar-refractivity contribution < 1.29 is 5.11 Å². The van der Waals surface area contributed by atoms with E-state index >= 15 is 0 Å². The van der Waals surface area contributed by atoms with Crippen LogP contribution in [0.25, 0.3) is 0 Å². The molecular formula is C16H28ClIN2O. The number of hydrogen-bond donors (Lipinski definition) is 1. The van der Waals surface area contributed by atoms with E-state index in [1.165, 1.54) is 3.57 Å². The van der Waals surface area contributed by atoms with Gasteiger partial charge >= 0.3 is 0 Å². The fraction of sp³-hybridized carbons (Fsp3) is 0.625. The van der Waals surface area contributed by atoms with Gasteiger partial charge in [0.25, 0.3) is 0 Å². The van der Waals surface area contributed by atoms with Crippen molar-refractivity contribution >= 4 is 35.0 Å². The minimum absolute atomic E-state index is 0. The molecule has 0 atom stereocenters. The molecule has 0 radical (unpaired) electrons. The van der Waals surface area contributed by atoms with Crippen LogP contribution in [-0.4, -0.2) is 48.1 Å². The molecule has 0 saturated carbocycles. The third kappa shape index (κ3) is 7.17. The molecule has 122 valence electrons. The van der Waals surface area contributed by atoms with Gasteiger partial charge in [0.2, 0.25) is 0 Å². The number of halogens is 2. The maximum atomic E-state index is 10.2. The smallest absolute Gasteiger partial charge is 0.123 e. The van der Waals surface area contributed by atoms with Crippen LogP contribution in [0.2, 0.25) is 0 Å². The molecule has 21 heavy (non-hydrogen) atoms. The molecule has 0 spiro atoms. The van der Waals surface area contributed by atoms with Gasteiger partial charge in [-0.25, -0.2) is 0 Å². The summed E-state index contributed by atoms with van der Waals surface area (Å²) >= 11 is 2.31. The van der Waals surface area contributed by atoms with Gasteiger partial charge < -0.3 is 10.0 Å². The summed E-state index contributed by atoms with van der Waals surface area (Å²) in [4.78, 5) is 4.64. The first-order valence-corrected chi connectivity index (χ1v) is 8.26. The lowest BCUT2D eigenvalue weighted by molar-refractivity contribution is 0.199. The van der Waals surface area contributed by atoms with E-state index in [0.717, 1.165) is 37.2 Å². The first kappa shape index (κ1) is 21.0. The van der Waals surface area contributed by atoms with Gasteiger partial charge in [-0.1, -0.05) is 0 Å². The highest BCUT2D eigenvalue weighted by Gasteiger charge is 2.14. The Labute approximate surface area is 149 Å². The molecule has 1 N–H and O–H groups in total. The van der Waals surface area contributed by atoms with Crippen LogP contribution in [0, 0.1) is 10.5 Å². The Balaban J connectivity index is 0.00000400. The van der Waals surface area contributed by atoms with Crippen molar-refractivity contribution in [2.45, 2.75) is 39.8 Å². The Morgan fingerprint density at radius 2 is 1.81 bits per heavy atom. The van der Waals surface area contributed by atoms with Crippen molar-refractivity contribution in [3.63, 3.8) is 0 Å². The fourth-order valence-corrected chi connectivity index (χ4v) is 3.10. The van der Waals surface area contributed by atoms with Crippen molar-refractivity contribution in [1.29, 1.82) is 0 Å². The minimum Gasteiger partial charge on any atom is -0.507 e. The predicted octanol–water partition coefficient (Wildman–Crippen LogP) is 3.89. The Morgan fingerprint density at radius 3 is 2.33 bits per heavy atom. The number of nitrogens with zero attached hydrogens (tertiary/aromatic N) is 2. The Morgan fingerprint density at radius 1 is 1.19 bits per heavy atom. The summed E-state index contributed by atoms with van der Waals surface area (Å²) in [5, 5.41) is 10.2. The zero-order valence-electron chi connectivity index (χ0n) is 13.7. The Hall–Kier alpha value is -0.0400. The first-order valence-electron chi connectivity index (χ1n) is 7.18. The van der Waals surface area contributed by atoms with Gasteiger partial charge in [-0.2, -0.15) is 0 Å². The largest absolute Gasteiger partial charge is 0.507 e. The van der Waals surface area contributed by atoms with Crippen LogP contribution >= 0.6 is 35.0 Å². The average Bonchev–Trinajstić information content (AvgIpc) is 2.33. The topological polar surface area (TPSA) is 26.7 Å². The molecule has 0 aliphatic rings. The Kier molecular flexibility index (Phi) is 9.85. The zero-order chi connectivity index (χ0) is 15.3. The number of phenolic OH excluding ortho intramolecular Hbond substituents is 1. The lowest BCUT2D eigenvalue weighted by Crippen LogP contribution is -2.33. The van der Waals surface area contributed by atoms with E-state index in [-0.39, 0.29) is 12.4 Å². The second-order valence-electron chi connectivity index (χ2n) is 5.95. The first-order chi connectivity index (χ1) is 9.31. The molecule has 0 saturated heterocycles. The van der Waals surface area contributed by atoms with E-state index in [0.29, 0.717) is 11.8 Å². The molecule has 3 nitrogen and oxygen atoms in total. The quantitative estimate of drug-likeness (QED) is 0.670. The highest BCUT2D eigenvalue weighted by molar-refractivity contribution is 14.1. The van der Waals surface area contributed by atoms with Gasteiger partial charge in [0.05, 0.1) is 0 Å². The van der Waals surface area contributed by atoms with Crippen LogP contribution in [0.15, 0.2) is 12.1 Å². The van der Waals surface area contributed by atoms with Gasteiger partial charge in [-0.15, -0.1) is 12.4 Å². The van der Waals surface area contributed by atoms with Gasteiger partial charge in [0, 0.05) is 21.7 Å². The van der Waals surface area contributed by atoms with E-state index in [1.807, 2.05) is 13.0 Å². The summed E-state index contributed by atoms with van der Waals surface area (Å²) in [6.07, 6.45) is 1.15. The predicted molar refractivity (Wildman–Crippen MR) is 102 cm³/mol. The molecular weight excluding hydrogens is 399 g/mol. The minimum atomic E-state index is 0. The van der Waals surface area contributed by atoms with Crippen LogP contribution in [-0.2, 0) is 6.54 Å². The lowest BCUT2D eigenvalue weighted by Gasteiger charge is -2.27. The average molecular weight is 427 g/mol. The number of hydrogen-bond acceptors (Lipinski definition) is 3. The number of benzene rings is 1. The molecule has 5 heteroatoms. The van der Waals surface area contributed by atoms with Gasteiger partial charge in [0.15, 0.2) is 0 Å². The van der Waals surface area contributed by atoms with Crippen molar-refractivity contribution in [1.82, 2.24) is 9.80 Å². The maximum Gasteiger partial charge on any atom is 0.123 e. The normalized spacial score (nSPS) is 11.3. The van der Waals surface area contributed by atoms with Crippen molar-refractivity contribution in [3.8, 4) is 5.75 Å². The van der Waals surface area contributed by atoms with Crippen LogP contribution < -0.4 is 0 Å². The van der Waals surface area contributed by atoms with Crippen molar-refractivity contribution in [2.75, 3.05) is 27.2 Å². The van der Waals surface area contributed by atoms with E-state index in [1.54, 1.807) is 0 Å².